The highest BCUT2D eigenvalue weighted by Crippen LogP contribution is 2.35. The van der Waals surface area contributed by atoms with Crippen LogP contribution in [-0.2, 0) is 26.7 Å². The first-order chi connectivity index (χ1) is 37.6. The van der Waals surface area contributed by atoms with Gasteiger partial charge in [0.2, 0.25) is 0 Å². The van der Waals surface area contributed by atoms with Crippen LogP contribution in [0.15, 0.2) is 38.4 Å². The van der Waals surface area contributed by atoms with Crippen LogP contribution in [0.1, 0.15) is 279 Å². The van der Waals surface area contributed by atoms with Crippen molar-refractivity contribution >= 4 is 63.7 Å². The van der Waals surface area contributed by atoms with E-state index in [0.717, 1.165) is 43.0 Å². The summed E-state index contributed by atoms with van der Waals surface area (Å²) >= 11 is 13.4. The van der Waals surface area contributed by atoms with Gasteiger partial charge < -0.3 is 4.98 Å². The van der Waals surface area contributed by atoms with E-state index < -0.39 is 15.8 Å². The predicted molar refractivity (Wildman–Crippen MR) is 405 cm³/mol. The number of hydrogen-bond donors (Lipinski definition) is 3. The number of aromatic nitrogens is 8. The number of hydrogen-bond acceptors (Lipinski definition) is 9. The summed E-state index contributed by atoms with van der Waals surface area (Å²) in [7, 11) is 0. The first kappa shape index (κ1) is 97.7. The Bertz CT molecular complexity index is 3340. The second-order valence-corrected chi connectivity index (χ2v) is 38.9. The van der Waals surface area contributed by atoms with Gasteiger partial charge in [-0.2, -0.15) is 0 Å². The number of piperidine rings is 1. The molecule has 0 atom stereocenters. The summed E-state index contributed by atoms with van der Waals surface area (Å²) in [6, 6.07) is 0. The summed E-state index contributed by atoms with van der Waals surface area (Å²) < 4.78 is 7.51. The minimum Gasteiger partial charge on any atom is -0.311 e. The monoisotopic (exact) mass is 1530 g/mol. The Hall–Kier alpha value is -3.40. The maximum atomic E-state index is 13.3. The maximum absolute atomic E-state index is 13.3. The number of nitrogens with zero attached hydrogens (tertiary/aromatic N) is 6. The summed E-state index contributed by atoms with van der Waals surface area (Å²) in [5.41, 5.74) is 2.26. The van der Waals surface area contributed by atoms with E-state index in [1.165, 1.54) is 41.2 Å². The van der Waals surface area contributed by atoms with Crippen LogP contribution in [0.3, 0.4) is 0 Å². The molecule has 0 amide bonds. The molecule has 0 unspecified atom stereocenters. The number of aryl methyl sites for hydroxylation is 1. The largest absolute Gasteiger partial charge is 0.333 e. The third kappa shape index (κ3) is 30.8. The fourth-order valence-corrected chi connectivity index (χ4v) is 10.00. The van der Waals surface area contributed by atoms with Crippen LogP contribution in [0, 0.1) is 66.2 Å². The summed E-state index contributed by atoms with van der Waals surface area (Å²) in [6.07, 6.45) is 9.45. The number of aromatic amines is 3. The first-order valence-electron chi connectivity index (χ1n) is 29.5. The Labute approximate surface area is 578 Å². The van der Waals surface area contributed by atoms with Crippen LogP contribution in [0.2, 0.25) is 0 Å². The van der Waals surface area contributed by atoms with E-state index in [1.54, 1.807) is 62.2 Å². The van der Waals surface area contributed by atoms with Crippen molar-refractivity contribution in [3.63, 3.8) is 0 Å². The summed E-state index contributed by atoms with van der Waals surface area (Å²) in [4.78, 5) is 105. The lowest BCUT2D eigenvalue weighted by Gasteiger charge is -2.46. The minimum absolute atomic E-state index is 0. The second kappa shape index (κ2) is 37.0. The van der Waals surface area contributed by atoms with Crippen molar-refractivity contribution in [1.29, 1.82) is 0 Å². The fourth-order valence-electron chi connectivity index (χ4n) is 9.68. The van der Waals surface area contributed by atoms with E-state index in [9.17, 15) is 38.4 Å². The number of halogens is 4. The number of likely N-dealkylation sites (tertiary alicyclic amines) is 1. The highest BCUT2D eigenvalue weighted by Gasteiger charge is 2.38. The summed E-state index contributed by atoms with van der Waals surface area (Å²) in [5, 5.41) is 0. The van der Waals surface area contributed by atoms with Crippen LogP contribution in [-0.4, -0.2) is 63.3 Å². The lowest BCUT2D eigenvalue weighted by Crippen LogP contribution is -2.60. The number of H-pyrrole nitrogens is 3. The molecule has 90 heavy (non-hydrogen) atoms. The molecular weight excluding hydrogens is 1400 g/mol. The molecule has 0 aromatic carbocycles. The van der Waals surface area contributed by atoms with Gasteiger partial charge in [-0.05, 0) is 196 Å². The quantitative estimate of drug-likeness (QED) is 0.166. The van der Waals surface area contributed by atoms with E-state index in [1.807, 2.05) is 111 Å². The van der Waals surface area contributed by atoms with Crippen LogP contribution < -0.4 is 45.0 Å². The molecule has 6 rings (SSSR count). The third-order valence-corrected chi connectivity index (χ3v) is 15.2. The average Bonchev–Trinajstić information content (AvgIpc) is 0.760. The van der Waals surface area contributed by atoms with Gasteiger partial charge in [-0.25, -0.2) is 28.3 Å². The molecule has 4 aromatic rings. The molecule has 1 aliphatic carbocycles. The molecule has 4 aromatic heterocycles. The van der Waals surface area contributed by atoms with Crippen molar-refractivity contribution < 1.29 is 0 Å². The van der Waals surface area contributed by atoms with Gasteiger partial charge in [0.15, 0.2) is 0 Å². The average molecular weight is 1530 g/mol. The van der Waals surface area contributed by atoms with E-state index >= 15 is 0 Å². The normalized spacial score (nSPS) is 14.6. The van der Waals surface area contributed by atoms with Crippen molar-refractivity contribution in [2.24, 2.45) is 10.8 Å². The predicted octanol–water partition coefficient (Wildman–Crippen LogP) is 17.1. The number of nitrogens with one attached hydrogen (secondary N) is 3. The molecule has 0 spiro atoms. The Kier molecular flexibility index (Phi) is 40.2. The number of alkyl halides is 4. The smallest absolute Gasteiger partial charge is 0.311 e. The molecular formula is C69H131Br4N9O8. The Morgan fingerprint density at radius 3 is 0.989 bits per heavy atom. The molecule has 17 nitrogen and oxygen atoms in total. The van der Waals surface area contributed by atoms with Crippen LogP contribution in [0.4, 0.5) is 0 Å². The standard InChI is InChI=1S/C20H35N3O2.C13H21BrN2O2.C10H16N2O2.C8H16.C6H8N2O2.C4H9Br.C3H6Br2.5CH4/c1-14-15(2)22(18(3,4)5)17(25)23(16(14)24)20(8,9)21-12-10-19(6,7)11-13-21;1-8-9(2)15(12(3,4)5)11(18)16(10(8)17)13(6,7)14;1-6-7(2)12(10(3,4)5)9(14)11-8(6)13;1-8(2)6-4-3-5-7-8;1-3-4(2)7-6(10)8-5(3)9;1-4(2,3)5;1-3(2,4)5;;;;;/h10-13H2,1-9H3;1-7H3;1-5H3,(H,11,13,14);3-7H2,1-2H3;1-2H3,(H2,7,8,9,10);1-3H3;1-2H3;5*1H4. The maximum Gasteiger partial charge on any atom is 0.333 e. The highest BCUT2D eigenvalue weighted by atomic mass is 79.9. The zero-order valence-corrected chi connectivity index (χ0v) is 64.2. The van der Waals surface area contributed by atoms with Crippen LogP contribution >= 0.6 is 63.7 Å². The van der Waals surface area contributed by atoms with Gasteiger partial charge in [-0.1, -0.05) is 169 Å². The van der Waals surface area contributed by atoms with Crippen molar-refractivity contribution in [3.8, 4) is 0 Å². The SMILES string of the molecule is C.C.C.C.C.CC(C)(Br)Br.CC(C)(C)Br.CC1(C)CCCCC1.Cc1[nH]c(=O)[nH]c(=O)c1C.Cc1c(C)n(C(C)(C)C)c(=O)[nH]c1=O.Cc1c(C)n(C(C)(C)C)c(=O)n(C(C)(C)Br)c1=O.Cc1c(C)n(C(C)(C)C)c(=O)n(C(C)(C)N2CCC(C)(C)CC2)c1=O. The minimum atomic E-state index is -0.702. The van der Waals surface area contributed by atoms with Gasteiger partial charge in [0.1, 0.15) is 10.1 Å². The molecule has 2 fully saturated rings. The Balaban J connectivity index is -0.000000242. The molecule has 1 saturated carbocycles. The fraction of sp³-hybridized carbons (Fsp3) is 0.768. The third-order valence-electron chi connectivity index (χ3n) is 14.8. The molecule has 0 bridgehead atoms. The van der Waals surface area contributed by atoms with E-state index in [-0.39, 0.29) is 96.3 Å². The van der Waals surface area contributed by atoms with Gasteiger partial charge >= 0.3 is 22.8 Å². The van der Waals surface area contributed by atoms with Gasteiger partial charge in [0.25, 0.3) is 22.2 Å². The van der Waals surface area contributed by atoms with E-state index in [2.05, 4.69) is 132 Å². The summed E-state index contributed by atoms with van der Waals surface area (Å²) in [6.45, 7) is 60.8. The van der Waals surface area contributed by atoms with Crippen molar-refractivity contribution in [3.05, 3.63) is 128 Å². The molecule has 3 N–H and O–H groups in total. The van der Waals surface area contributed by atoms with E-state index in [4.69, 9.17) is 0 Å². The molecule has 0 radical (unpaired) electrons. The number of rotatable bonds is 3. The zero-order chi connectivity index (χ0) is 67.7. The van der Waals surface area contributed by atoms with Crippen molar-refractivity contribution in [1.82, 2.24) is 42.7 Å². The van der Waals surface area contributed by atoms with Gasteiger partial charge in [-0.15, -0.1) is 0 Å². The molecule has 5 heterocycles. The zero-order valence-electron chi connectivity index (χ0n) is 57.8. The highest BCUT2D eigenvalue weighted by molar-refractivity contribution is 9.25. The van der Waals surface area contributed by atoms with Gasteiger partial charge in [0.05, 0.1) is 3.23 Å². The van der Waals surface area contributed by atoms with Crippen LogP contribution in [0.25, 0.3) is 0 Å². The Morgan fingerprint density at radius 1 is 0.389 bits per heavy atom. The molecule has 1 saturated heterocycles. The van der Waals surface area contributed by atoms with Gasteiger partial charge in [-0.3, -0.25) is 47.7 Å². The first-order valence-corrected chi connectivity index (χ1v) is 32.7. The molecule has 528 valence electrons. The van der Waals surface area contributed by atoms with Gasteiger partial charge in [0, 0.05) is 79.1 Å². The lowest BCUT2D eigenvalue weighted by atomic mass is 9.78. The topological polar surface area (TPSA) is 212 Å². The second-order valence-electron chi connectivity index (χ2n) is 29.6. The Morgan fingerprint density at radius 2 is 0.689 bits per heavy atom. The van der Waals surface area contributed by atoms with E-state index in [0.29, 0.717) is 43.1 Å². The summed E-state index contributed by atoms with van der Waals surface area (Å²) in [5.74, 6) is 0. The van der Waals surface area contributed by atoms with Crippen molar-refractivity contribution in [2.75, 3.05) is 13.1 Å². The molecule has 2 aliphatic rings. The lowest BCUT2D eigenvalue weighted by molar-refractivity contribution is -0.00502. The van der Waals surface area contributed by atoms with Crippen molar-refractivity contribution in [2.45, 2.75) is 324 Å². The molecule has 21 heteroatoms. The molecule has 1 aliphatic heterocycles. The van der Waals surface area contributed by atoms with Crippen LogP contribution in [0.5, 0.6) is 0 Å².